The first kappa shape index (κ1) is 26.8. The zero-order valence-corrected chi connectivity index (χ0v) is 21.0. The summed E-state index contributed by atoms with van der Waals surface area (Å²) in [5.41, 5.74) is -1.95. The molecule has 0 aliphatic rings. The van der Waals surface area contributed by atoms with Crippen molar-refractivity contribution in [1.29, 1.82) is 5.26 Å². The highest BCUT2D eigenvalue weighted by Gasteiger charge is 2.38. The van der Waals surface area contributed by atoms with E-state index < -0.39 is 67.7 Å². The van der Waals surface area contributed by atoms with Crippen LogP contribution in [-0.2, 0) is 0 Å². The zero-order valence-electron chi connectivity index (χ0n) is 19.5. The largest absolute Gasteiger partial charge is 0.464 e. The SMILES string of the molecule is N#Cc1c(N(C(=O)c2cc(F)c(F)cc2Cl)C(=O)c2cc(F)c(F)cc2Cl)oc(-c2ccco2)c1-c1ccco1. The maximum absolute atomic E-state index is 14.2. The number of nitriles is 1. The molecule has 200 valence electrons. The van der Waals surface area contributed by atoms with Gasteiger partial charge in [-0.25, -0.2) is 22.5 Å². The first-order valence-corrected chi connectivity index (χ1v) is 11.7. The van der Waals surface area contributed by atoms with E-state index in [2.05, 4.69) is 0 Å². The van der Waals surface area contributed by atoms with Crippen LogP contribution in [0.15, 0.2) is 74.3 Å². The third kappa shape index (κ3) is 4.53. The fourth-order valence-corrected chi connectivity index (χ4v) is 4.27. The molecule has 3 aromatic heterocycles. The lowest BCUT2D eigenvalue weighted by Crippen LogP contribution is -2.38. The lowest BCUT2D eigenvalue weighted by molar-refractivity contribution is 0.0891. The lowest BCUT2D eigenvalue weighted by atomic mass is 10.1. The van der Waals surface area contributed by atoms with E-state index in [-0.39, 0.29) is 27.7 Å². The highest BCUT2D eigenvalue weighted by molar-refractivity contribution is 6.39. The number of benzene rings is 2. The van der Waals surface area contributed by atoms with E-state index in [1.54, 1.807) is 0 Å². The molecular formula is C27H10Cl2F4N2O5. The average Bonchev–Trinajstić information content (AvgIpc) is 3.69. The monoisotopic (exact) mass is 588 g/mol. The third-order valence-corrected chi connectivity index (χ3v) is 6.23. The van der Waals surface area contributed by atoms with Crippen LogP contribution < -0.4 is 4.90 Å². The number of nitrogens with zero attached hydrogens (tertiary/aromatic N) is 2. The Morgan fingerprint density at radius 2 is 1.25 bits per heavy atom. The Labute approximate surface area is 231 Å². The van der Waals surface area contributed by atoms with Gasteiger partial charge >= 0.3 is 0 Å². The Kier molecular flexibility index (Phi) is 6.97. The standard InChI is InChI=1S/C27H10Cl2F4N2O5/c28-15-9-19(32)17(30)7-12(15)25(36)35(26(37)13-8-18(31)20(33)10-16(13)29)27-14(11-34)23(21-3-1-5-38-21)24(40-27)22-4-2-6-39-22/h1-10H. The molecule has 0 bridgehead atoms. The van der Waals surface area contributed by atoms with Crippen LogP contribution in [-0.4, -0.2) is 11.8 Å². The summed E-state index contributed by atoms with van der Waals surface area (Å²) >= 11 is 12.0. The fraction of sp³-hybridized carbons (Fsp3) is 0. The van der Waals surface area contributed by atoms with Gasteiger partial charge in [-0.3, -0.25) is 9.59 Å². The van der Waals surface area contributed by atoms with E-state index in [1.165, 1.54) is 36.8 Å². The van der Waals surface area contributed by atoms with Gasteiger partial charge in [0.15, 0.2) is 34.8 Å². The number of anilines is 1. The van der Waals surface area contributed by atoms with Crippen LogP contribution in [0.1, 0.15) is 26.3 Å². The van der Waals surface area contributed by atoms with E-state index in [1.807, 2.05) is 6.07 Å². The first-order valence-electron chi connectivity index (χ1n) is 10.9. The third-order valence-electron chi connectivity index (χ3n) is 5.60. The van der Waals surface area contributed by atoms with Crippen molar-refractivity contribution in [2.45, 2.75) is 0 Å². The summed E-state index contributed by atoms with van der Waals surface area (Å²) in [5.74, 6) is -9.40. The molecule has 0 saturated heterocycles. The number of imide groups is 1. The minimum absolute atomic E-state index is 0.0455. The molecule has 0 saturated carbocycles. The van der Waals surface area contributed by atoms with Gasteiger partial charge in [-0.1, -0.05) is 23.2 Å². The molecule has 0 fully saturated rings. The van der Waals surface area contributed by atoms with Gasteiger partial charge in [0.2, 0.25) is 5.88 Å². The lowest BCUT2D eigenvalue weighted by Gasteiger charge is -2.20. The Morgan fingerprint density at radius 3 is 1.70 bits per heavy atom. The number of rotatable bonds is 5. The Bertz CT molecular complexity index is 1760. The second kappa shape index (κ2) is 10.4. The smallest absolute Gasteiger partial charge is 0.269 e. The minimum Gasteiger partial charge on any atom is -0.464 e. The highest BCUT2D eigenvalue weighted by atomic mass is 35.5. The van der Waals surface area contributed by atoms with Crippen LogP contribution >= 0.6 is 23.2 Å². The second-order valence-electron chi connectivity index (χ2n) is 7.99. The number of carbonyl (C=O) groups is 2. The van der Waals surface area contributed by atoms with E-state index in [0.29, 0.717) is 24.3 Å². The molecule has 0 unspecified atom stereocenters. The maximum Gasteiger partial charge on any atom is 0.269 e. The summed E-state index contributed by atoms with van der Waals surface area (Å²) in [6.07, 6.45) is 2.57. The molecule has 3 heterocycles. The summed E-state index contributed by atoms with van der Waals surface area (Å²) in [6, 6.07) is 9.53. The molecule has 5 rings (SSSR count). The van der Waals surface area contributed by atoms with Crippen molar-refractivity contribution in [2.24, 2.45) is 0 Å². The van der Waals surface area contributed by atoms with E-state index in [0.717, 1.165) is 0 Å². The van der Waals surface area contributed by atoms with Gasteiger partial charge in [0.05, 0.1) is 39.3 Å². The summed E-state index contributed by atoms with van der Waals surface area (Å²) in [4.78, 5) is 27.8. The number of halogens is 6. The predicted molar refractivity (Wildman–Crippen MR) is 133 cm³/mol. The number of amides is 2. The molecule has 2 aromatic carbocycles. The van der Waals surface area contributed by atoms with Crippen molar-refractivity contribution >= 4 is 40.9 Å². The summed E-state index contributed by atoms with van der Waals surface area (Å²) < 4.78 is 72.5. The molecular weight excluding hydrogens is 579 g/mol. The van der Waals surface area contributed by atoms with Crippen molar-refractivity contribution in [3.63, 3.8) is 0 Å². The van der Waals surface area contributed by atoms with Gasteiger partial charge < -0.3 is 13.3 Å². The summed E-state index contributed by atoms with van der Waals surface area (Å²) in [5, 5.41) is 8.91. The molecule has 0 spiro atoms. The van der Waals surface area contributed by atoms with Crippen LogP contribution in [0.5, 0.6) is 0 Å². The van der Waals surface area contributed by atoms with Crippen LogP contribution in [0.3, 0.4) is 0 Å². The van der Waals surface area contributed by atoms with E-state index in [4.69, 9.17) is 36.5 Å². The topological polar surface area (TPSA) is 101 Å². The van der Waals surface area contributed by atoms with Crippen molar-refractivity contribution in [3.8, 4) is 28.9 Å². The van der Waals surface area contributed by atoms with E-state index >= 15 is 0 Å². The first-order chi connectivity index (χ1) is 19.1. The van der Waals surface area contributed by atoms with Gasteiger partial charge in [0, 0.05) is 0 Å². The Morgan fingerprint density at radius 1 is 0.775 bits per heavy atom. The molecule has 40 heavy (non-hydrogen) atoms. The van der Waals surface area contributed by atoms with E-state index in [9.17, 15) is 32.4 Å². The van der Waals surface area contributed by atoms with Crippen molar-refractivity contribution in [2.75, 3.05) is 4.90 Å². The number of carbonyl (C=O) groups excluding carboxylic acids is 2. The van der Waals surface area contributed by atoms with Crippen LogP contribution in [0.25, 0.3) is 22.8 Å². The van der Waals surface area contributed by atoms with Gasteiger partial charge in [-0.05, 0) is 48.5 Å². The van der Waals surface area contributed by atoms with Gasteiger partial charge in [0.1, 0.15) is 17.4 Å². The second-order valence-corrected chi connectivity index (χ2v) is 8.81. The molecule has 2 amide bonds. The molecule has 0 aliphatic heterocycles. The number of hydrogen-bond acceptors (Lipinski definition) is 6. The molecule has 0 N–H and O–H groups in total. The average molecular weight is 589 g/mol. The normalized spacial score (nSPS) is 10.9. The van der Waals surface area contributed by atoms with Gasteiger partial charge in [-0.2, -0.15) is 5.26 Å². The van der Waals surface area contributed by atoms with Crippen LogP contribution in [0, 0.1) is 34.6 Å². The number of furan rings is 3. The maximum atomic E-state index is 14.2. The highest BCUT2D eigenvalue weighted by Crippen LogP contribution is 2.44. The minimum atomic E-state index is -1.49. The quantitative estimate of drug-likeness (QED) is 0.117. The zero-order chi connectivity index (χ0) is 28.7. The van der Waals surface area contributed by atoms with Gasteiger partial charge in [0.25, 0.3) is 11.8 Å². The summed E-state index contributed by atoms with van der Waals surface area (Å²) in [6.45, 7) is 0. The van der Waals surface area contributed by atoms with Gasteiger partial charge in [-0.15, -0.1) is 0 Å². The molecule has 13 heteroatoms. The van der Waals surface area contributed by atoms with Crippen molar-refractivity contribution < 1.29 is 40.4 Å². The van der Waals surface area contributed by atoms with Crippen LogP contribution in [0.2, 0.25) is 10.0 Å². The van der Waals surface area contributed by atoms with Crippen molar-refractivity contribution in [1.82, 2.24) is 0 Å². The molecule has 0 aliphatic carbocycles. The molecule has 7 nitrogen and oxygen atoms in total. The summed E-state index contributed by atoms with van der Waals surface area (Å²) in [7, 11) is 0. The number of hydrogen-bond donors (Lipinski definition) is 0. The fourth-order valence-electron chi connectivity index (χ4n) is 3.81. The van der Waals surface area contributed by atoms with Crippen LogP contribution in [0.4, 0.5) is 23.4 Å². The van der Waals surface area contributed by atoms with Crippen molar-refractivity contribution in [3.05, 3.63) is 111 Å². The predicted octanol–water partition coefficient (Wildman–Crippen LogP) is 8.02. The molecule has 0 atom stereocenters. The Hall–Kier alpha value is -4.79. The molecule has 0 radical (unpaired) electrons. The Balaban J connectivity index is 1.81. The molecule has 5 aromatic rings.